The second-order valence-corrected chi connectivity index (χ2v) is 3.81. The molecule has 1 radical (unpaired) electrons. The van der Waals surface area contributed by atoms with E-state index in [2.05, 4.69) is 27.7 Å². The molecule has 12 heavy (non-hydrogen) atoms. The Balaban J connectivity index is 3.62. The number of hydrogen-bond acceptors (Lipinski definition) is 0. The van der Waals surface area contributed by atoms with Gasteiger partial charge in [-0.25, -0.2) is 0 Å². The summed E-state index contributed by atoms with van der Waals surface area (Å²) in [6.45, 7) is 9.25. The summed E-state index contributed by atoms with van der Waals surface area (Å²) in [4.78, 5) is 0. The highest BCUT2D eigenvalue weighted by molar-refractivity contribution is 4.92. The van der Waals surface area contributed by atoms with Crippen LogP contribution >= 0.6 is 0 Å². The first-order chi connectivity index (χ1) is 5.76. The zero-order valence-corrected chi connectivity index (χ0v) is 9.32. The van der Waals surface area contributed by atoms with Crippen molar-refractivity contribution in [1.82, 2.24) is 0 Å². The van der Waals surface area contributed by atoms with Crippen LogP contribution in [0.2, 0.25) is 0 Å². The molecule has 0 bridgehead atoms. The maximum absolute atomic E-state index is 2.39. The van der Waals surface area contributed by atoms with Crippen LogP contribution in [0.4, 0.5) is 0 Å². The maximum Gasteiger partial charge on any atom is -0.0215 e. The Bertz CT molecular complexity index is 86.0. The van der Waals surface area contributed by atoms with E-state index < -0.39 is 0 Å². The lowest BCUT2D eigenvalue weighted by atomic mass is 9.84. The topological polar surface area (TPSA) is 0 Å². The van der Waals surface area contributed by atoms with E-state index in [0.29, 0.717) is 0 Å². The van der Waals surface area contributed by atoms with Gasteiger partial charge in [0, 0.05) is 0 Å². The lowest BCUT2D eigenvalue weighted by molar-refractivity contribution is 0.475. The van der Waals surface area contributed by atoms with E-state index in [9.17, 15) is 0 Å². The highest BCUT2D eigenvalue weighted by Crippen LogP contribution is 2.27. The molecular formula is C12H25. The van der Waals surface area contributed by atoms with Crippen LogP contribution in [0.15, 0.2) is 0 Å². The molecule has 0 spiro atoms. The number of unbranched alkanes of at least 4 members (excludes halogenated alkanes) is 1. The van der Waals surface area contributed by atoms with Crippen LogP contribution in [0.3, 0.4) is 0 Å². The largest absolute Gasteiger partial charge is 0.0654 e. The maximum atomic E-state index is 2.39. The van der Waals surface area contributed by atoms with E-state index in [-0.39, 0.29) is 0 Å². The SMILES string of the molecule is CCCC[C](CC)C(C)CCC. The quantitative estimate of drug-likeness (QED) is 0.522. The summed E-state index contributed by atoms with van der Waals surface area (Å²) in [6, 6.07) is 0. The second-order valence-electron chi connectivity index (χ2n) is 3.81. The van der Waals surface area contributed by atoms with Crippen molar-refractivity contribution in [2.75, 3.05) is 0 Å². The van der Waals surface area contributed by atoms with Crippen LogP contribution in [-0.2, 0) is 0 Å². The van der Waals surface area contributed by atoms with Gasteiger partial charge in [0.25, 0.3) is 0 Å². The van der Waals surface area contributed by atoms with E-state index in [0.717, 1.165) is 5.92 Å². The molecule has 0 aromatic rings. The summed E-state index contributed by atoms with van der Waals surface area (Å²) in [5.74, 6) is 2.66. The molecular weight excluding hydrogens is 144 g/mol. The Hall–Kier alpha value is 0. The summed E-state index contributed by atoms with van der Waals surface area (Å²) >= 11 is 0. The standard InChI is InChI=1S/C12H25/c1-5-8-10-12(7-3)11(4)9-6-2/h11H,5-10H2,1-4H3. The fourth-order valence-electron chi connectivity index (χ4n) is 1.81. The predicted molar refractivity (Wildman–Crippen MR) is 57.1 cm³/mol. The van der Waals surface area contributed by atoms with Crippen molar-refractivity contribution in [3.05, 3.63) is 5.92 Å². The van der Waals surface area contributed by atoms with Gasteiger partial charge in [0.1, 0.15) is 0 Å². The molecule has 0 N–H and O–H groups in total. The lowest BCUT2D eigenvalue weighted by Gasteiger charge is -2.21. The van der Waals surface area contributed by atoms with Gasteiger partial charge < -0.3 is 0 Å². The first-order valence-electron chi connectivity index (χ1n) is 5.60. The molecule has 0 rings (SSSR count). The average Bonchev–Trinajstić information content (AvgIpc) is 2.06. The minimum Gasteiger partial charge on any atom is -0.0654 e. The Morgan fingerprint density at radius 1 is 1.08 bits per heavy atom. The molecule has 0 heterocycles. The van der Waals surface area contributed by atoms with Crippen LogP contribution in [0.25, 0.3) is 0 Å². The number of rotatable bonds is 7. The molecule has 0 aromatic carbocycles. The zero-order chi connectivity index (χ0) is 9.40. The molecule has 0 heteroatoms. The molecule has 0 amide bonds. The van der Waals surface area contributed by atoms with Crippen molar-refractivity contribution in [2.45, 2.75) is 66.2 Å². The van der Waals surface area contributed by atoms with Gasteiger partial charge >= 0.3 is 0 Å². The van der Waals surface area contributed by atoms with Crippen LogP contribution < -0.4 is 0 Å². The minimum atomic E-state index is 0.867. The summed E-state index contributed by atoms with van der Waals surface area (Å²) in [5.41, 5.74) is 0. The monoisotopic (exact) mass is 169 g/mol. The van der Waals surface area contributed by atoms with Gasteiger partial charge in [-0.15, -0.1) is 0 Å². The molecule has 0 saturated carbocycles. The molecule has 0 aliphatic carbocycles. The van der Waals surface area contributed by atoms with E-state index >= 15 is 0 Å². The van der Waals surface area contributed by atoms with Gasteiger partial charge in [-0.05, 0) is 24.7 Å². The molecule has 73 valence electrons. The van der Waals surface area contributed by atoms with Crippen LogP contribution in [-0.4, -0.2) is 0 Å². The smallest absolute Gasteiger partial charge is 0.0215 e. The van der Waals surface area contributed by atoms with Gasteiger partial charge in [0.15, 0.2) is 0 Å². The molecule has 1 unspecified atom stereocenters. The average molecular weight is 169 g/mol. The third-order valence-corrected chi connectivity index (χ3v) is 2.72. The van der Waals surface area contributed by atoms with Crippen LogP contribution in [0.5, 0.6) is 0 Å². The normalized spacial score (nSPS) is 13.8. The molecule has 0 aliphatic rings. The van der Waals surface area contributed by atoms with Crippen molar-refractivity contribution in [3.8, 4) is 0 Å². The second kappa shape index (κ2) is 7.64. The highest BCUT2D eigenvalue weighted by Gasteiger charge is 2.13. The summed E-state index contributed by atoms with van der Waals surface area (Å²) in [7, 11) is 0. The first kappa shape index (κ1) is 12.0. The number of hydrogen-bond donors (Lipinski definition) is 0. The van der Waals surface area contributed by atoms with Gasteiger partial charge in [-0.1, -0.05) is 53.4 Å². The first-order valence-corrected chi connectivity index (χ1v) is 5.60. The van der Waals surface area contributed by atoms with E-state index in [4.69, 9.17) is 0 Å². The van der Waals surface area contributed by atoms with Gasteiger partial charge in [0.05, 0.1) is 0 Å². The summed E-state index contributed by atoms with van der Waals surface area (Å²) in [6.07, 6.45) is 8.10. The Morgan fingerprint density at radius 2 is 1.75 bits per heavy atom. The van der Waals surface area contributed by atoms with Crippen molar-refractivity contribution < 1.29 is 0 Å². The molecule has 0 nitrogen and oxygen atoms in total. The predicted octanol–water partition coefficient (Wildman–Crippen LogP) is 4.60. The minimum absolute atomic E-state index is 0.867. The van der Waals surface area contributed by atoms with E-state index in [1.165, 1.54) is 38.5 Å². The van der Waals surface area contributed by atoms with Crippen LogP contribution in [0, 0.1) is 11.8 Å². The Kier molecular flexibility index (Phi) is 7.64. The third kappa shape index (κ3) is 4.79. The van der Waals surface area contributed by atoms with Gasteiger partial charge in [0.2, 0.25) is 0 Å². The molecule has 0 saturated heterocycles. The van der Waals surface area contributed by atoms with Crippen molar-refractivity contribution >= 4 is 0 Å². The molecule has 0 fully saturated rings. The molecule has 1 atom stereocenters. The molecule has 0 aromatic heterocycles. The highest BCUT2D eigenvalue weighted by atomic mass is 14.2. The van der Waals surface area contributed by atoms with Gasteiger partial charge in [-0.2, -0.15) is 0 Å². The van der Waals surface area contributed by atoms with Crippen LogP contribution in [0.1, 0.15) is 66.2 Å². The summed E-state index contributed by atoms with van der Waals surface area (Å²) < 4.78 is 0. The zero-order valence-electron chi connectivity index (χ0n) is 9.32. The third-order valence-electron chi connectivity index (χ3n) is 2.72. The van der Waals surface area contributed by atoms with E-state index in [1.54, 1.807) is 5.92 Å². The lowest BCUT2D eigenvalue weighted by Crippen LogP contribution is -2.08. The fourth-order valence-corrected chi connectivity index (χ4v) is 1.81. The fraction of sp³-hybridized carbons (Fsp3) is 0.917. The van der Waals surface area contributed by atoms with Gasteiger partial charge in [-0.3, -0.25) is 0 Å². The van der Waals surface area contributed by atoms with Crippen molar-refractivity contribution in [2.24, 2.45) is 5.92 Å². The molecule has 0 aliphatic heterocycles. The van der Waals surface area contributed by atoms with Crippen molar-refractivity contribution in [3.63, 3.8) is 0 Å². The van der Waals surface area contributed by atoms with E-state index in [1.807, 2.05) is 0 Å². The van der Waals surface area contributed by atoms with Crippen molar-refractivity contribution in [1.29, 1.82) is 0 Å². The Labute approximate surface area is 78.8 Å². The summed E-state index contributed by atoms with van der Waals surface area (Å²) in [5, 5.41) is 0. The Morgan fingerprint density at radius 3 is 2.17 bits per heavy atom.